The molecule has 0 aliphatic carbocycles. The Morgan fingerprint density at radius 1 is 1.55 bits per heavy atom. The number of likely N-dealkylation sites (tertiary alicyclic amines) is 1. The Balaban J connectivity index is 1.97. The maximum Gasteiger partial charge on any atom is 0.410 e. The number of aromatic nitrogens is 2. The Kier molecular flexibility index (Phi) is 4.58. The fourth-order valence-corrected chi connectivity index (χ4v) is 2.63. The number of aliphatic hydroxyl groups is 1. The molecule has 20 heavy (non-hydrogen) atoms. The average molecular weight is 393 g/mol. The number of hydrogen-bond acceptors (Lipinski definition) is 4. The minimum atomic E-state index is -0.632. The van der Waals surface area contributed by atoms with Gasteiger partial charge in [-0.2, -0.15) is 5.10 Å². The van der Waals surface area contributed by atoms with Gasteiger partial charge in [0.15, 0.2) is 0 Å². The smallest absolute Gasteiger partial charge is 0.410 e. The van der Waals surface area contributed by atoms with Crippen LogP contribution in [0.2, 0.25) is 0 Å². The number of piperidine rings is 1. The SMILES string of the molecule is CC(C)(C)OC(=O)N1CCC(n2cc(I)cn2)C(O)C1. The number of ether oxygens (including phenoxy) is 1. The molecule has 112 valence electrons. The summed E-state index contributed by atoms with van der Waals surface area (Å²) in [6.45, 7) is 6.34. The Labute approximate surface area is 132 Å². The Hall–Kier alpha value is -0.830. The number of β-amino-alcohol motifs (C(OH)–C–C–N with tert-alkyl or cyclic N) is 1. The van der Waals surface area contributed by atoms with E-state index in [9.17, 15) is 9.90 Å². The fourth-order valence-electron chi connectivity index (χ4n) is 2.22. The molecule has 1 aromatic rings. The predicted molar refractivity (Wildman–Crippen MR) is 82.4 cm³/mol. The molecular weight excluding hydrogens is 373 g/mol. The first-order valence-electron chi connectivity index (χ1n) is 6.62. The summed E-state index contributed by atoms with van der Waals surface area (Å²) in [6.07, 6.45) is 3.32. The molecule has 2 unspecified atom stereocenters. The van der Waals surface area contributed by atoms with Gasteiger partial charge in [0, 0.05) is 12.7 Å². The molecule has 0 saturated carbocycles. The van der Waals surface area contributed by atoms with Crippen molar-refractivity contribution in [2.75, 3.05) is 13.1 Å². The normalized spacial score (nSPS) is 23.8. The number of nitrogens with zero attached hydrogens (tertiary/aromatic N) is 3. The lowest BCUT2D eigenvalue weighted by Crippen LogP contribution is -2.48. The molecule has 6 nitrogen and oxygen atoms in total. The summed E-state index contributed by atoms with van der Waals surface area (Å²) in [5.74, 6) is 0. The van der Waals surface area contributed by atoms with E-state index in [-0.39, 0.29) is 18.7 Å². The molecule has 0 spiro atoms. The van der Waals surface area contributed by atoms with Gasteiger partial charge in [0.25, 0.3) is 0 Å². The summed E-state index contributed by atoms with van der Waals surface area (Å²) < 4.78 is 8.13. The average Bonchev–Trinajstić information content (AvgIpc) is 2.73. The standard InChI is InChI=1S/C13H20IN3O3/c1-13(2,3)20-12(19)16-5-4-10(11(18)8-16)17-7-9(14)6-15-17/h6-7,10-11,18H,4-5,8H2,1-3H3. The van der Waals surface area contributed by atoms with Gasteiger partial charge in [-0.05, 0) is 49.8 Å². The first kappa shape index (κ1) is 15.6. The molecule has 1 aliphatic heterocycles. The highest BCUT2D eigenvalue weighted by Crippen LogP contribution is 2.24. The monoisotopic (exact) mass is 393 g/mol. The highest BCUT2D eigenvalue weighted by molar-refractivity contribution is 14.1. The zero-order valence-electron chi connectivity index (χ0n) is 11.9. The fraction of sp³-hybridized carbons (Fsp3) is 0.692. The molecular formula is C13H20IN3O3. The molecule has 1 N–H and O–H groups in total. The highest BCUT2D eigenvalue weighted by atomic mass is 127. The molecule has 0 radical (unpaired) electrons. The maximum atomic E-state index is 12.0. The maximum absolute atomic E-state index is 12.0. The minimum absolute atomic E-state index is 0.0859. The third kappa shape index (κ3) is 3.85. The lowest BCUT2D eigenvalue weighted by atomic mass is 10.0. The van der Waals surface area contributed by atoms with Gasteiger partial charge < -0.3 is 14.7 Å². The number of carbonyl (C=O) groups is 1. The summed E-state index contributed by atoms with van der Waals surface area (Å²) in [4.78, 5) is 13.5. The van der Waals surface area contributed by atoms with Crippen LogP contribution >= 0.6 is 22.6 Å². The van der Waals surface area contributed by atoms with E-state index in [1.165, 1.54) is 0 Å². The van der Waals surface area contributed by atoms with E-state index in [1.807, 2.05) is 27.0 Å². The summed E-state index contributed by atoms with van der Waals surface area (Å²) in [5.41, 5.74) is -0.517. The van der Waals surface area contributed by atoms with Gasteiger partial charge in [0.1, 0.15) is 5.60 Å². The molecule has 2 heterocycles. The molecule has 7 heteroatoms. The number of aliphatic hydroxyl groups excluding tert-OH is 1. The van der Waals surface area contributed by atoms with Crippen LogP contribution in [0.25, 0.3) is 0 Å². The zero-order valence-corrected chi connectivity index (χ0v) is 14.1. The zero-order chi connectivity index (χ0) is 14.9. The summed E-state index contributed by atoms with van der Waals surface area (Å²) in [7, 11) is 0. The van der Waals surface area contributed by atoms with Crippen LogP contribution in [-0.2, 0) is 4.74 Å². The van der Waals surface area contributed by atoms with E-state index in [2.05, 4.69) is 27.7 Å². The lowest BCUT2D eigenvalue weighted by molar-refractivity contribution is -0.0118. The first-order chi connectivity index (χ1) is 9.26. The van der Waals surface area contributed by atoms with Gasteiger partial charge in [0.2, 0.25) is 0 Å². The van der Waals surface area contributed by atoms with Crippen LogP contribution in [0.15, 0.2) is 12.4 Å². The van der Waals surface area contributed by atoms with E-state index in [4.69, 9.17) is 4.74 Å². The van der Waals surface area contributed by atoms with Crippen molar-refractivity contribution >= 4 is 28.7 Å². The third-order valence-electron chi connectivity index (χ3n) is 3.11. The molecule has 1 aromatic heterocycles. The Bertz CT molecular complexity index is 483. The first-order valence-corrected chi connectivity index (χ1v) is 7.70. The van der Waals surface area contributed by atoms with Gasteiger partial charge in [0.05, 0.1) is 28.5 Å². The van der Waals surface area contributed by atoms with Crippen molar-refractivity contribution in [1.82, 2.24) is 14.7 Å². The molecule has 0 aromatic carbocycles. The molecule has 1 saturated heterocycles. The number of carbonyl (C=O) groups excluding carboxylic acids is 1. The van der Waals surface area contributed by atoms with E-state index in [1.54, 1.807) is 15.8 Å². The van der Waals surface area contributed by atoms with Crippen LogP contribution in [0, 0.1) is 3.57 Å². The number of rotatable bonds is 1. The predicted octanol–water partition coefficient (Wildman–Crippen LogP) is 2.03. The summed E-state index contributed by atoms with van der Waals surface area (Å²) >= 11 is 2.18. The molecule has 0 bridgehead atoms. The molecule has 2 rings (SSSR count). The van der Waals surface area contributed by atoms with Crippen molar-refractivity contribution in [2.45, 2.75) is 44.9 Å². The minimum Gasteiger partial charge on any atom is -0.444 e. The molecule has 2 atom stereocenters. The van der Waals surface area contributed by atoms with Crippen LogP contribution < -0.4 is 0 Å². The summed E-state index contributed by atoms with van der Waals surface area (Å²) in [6, 6.07) is -0.0859. The van der Waals surface area contributed by atoms with Gasteiger partial charge in [-0.15, -0.1) is 0 Å². The molecule has 1 aliphatic rings. The van der Waals surface area contributed by atoms with Crippen molar-refractivity contribution in [1.29, 1.82) is 0 Å². The van der Waals surface area contributed by atoms with Crippen LogP contribution in [0.3, 0.4) is 0 Å². The van der Waals surface area contributed by atoms with Gasteiger partial charge in [-0.3, -0.25) is 4.68 Å². The largest absolute Gasteiger partial charge is 0.444 e. The van der Waals surface area contributed by atoms with E-state index < -0.39 is 11.7 Å². The van der Waals surface area contributed by atoms with E-state index in [0.717, 1.165) is 3.57 Å². The summed E-state index contributed by atoms with van der Waals surface area (Å²) in [5, 5.41) is 14.5. The van der Waals surface area contributed by atoms with Gasteiger partial charge in [-0.25, -0.2) is 4.79 Å². The second kappa shape index (κ2) is 5.88. The highest BCUT2D eigenvalue weighted by Gasteiger charge is 2.33. The van der Waals surface area contributed by atoms with Crippen LogP contribution in [0.1, 0.15) is 33.2 Å². The van der Waals surface area contributed by atoms with Crippen molar-refractivity contribution < 1.29 is 14.6 Å². The topological polar surface area (TPSA) is 67.6 Å². The number of hydrogen-bond donors (Lipinski definition) is 1. The van der Waals surface area contributed by atoms with Crippen molar-refractivity contribution in [3.63, 3.8) is 0 Å². The van der Waals surface area contributed by atoms with Crippen LogP contribution in [0.5, 0.6) is 0 Å². The molecule has 1 amide bonds. The lowest BCUT2D eigenvalue weighted by Gasteiger charge is -2.36. The van der Waals surface area contributed by atoms with Crippen LogP contribution in [-0.4, -0.2) is 50.7 Å². The van der Waals surface area contributed by atoms with E-state index >= 15 is 0 Å². The Morgan fingerprint density at radius 2 is 2.25 bits per heavy atom. The van der Waals surface area contributed by atoms with Gasteiger partial charge in [-0.1, -0.05) is 0 Å². The second-order valence-corrected chi connectivity index (χ2v) is 7.23. The van der Waals surface area contributed by atoms with Crippen molar-refractivity contribution in [3.05, 3.63) is 16.0 Å². The quantitative estimate of drug-likeness (QED) is 0.742. The van der Waals surface area contributed by atoms with Gasteiger partial charge >= 0.3 is 6.09 Å². The Morgan fingerprint density at radius 3 is 2.75 bits per heavy atom. The third-order valence-corrected chi connectivity index (χ3v) is 3.66. The number of halogens is 1. The number of amides is 1. The van der Waals surface area contributed by atoms with Crippen molar-refractivity contribution in [2.24, 2.45) is 0 Å². The van der Waals surface area contributed by atoms with E-state index in [0.29, 0.717) is 13.0 Å². The molecule has 1 fully saturated rings. The van der Waals surface area contributed by atoms with Crippen molar-refractivity contribution in [3.8, 4) is 0 Å². The second-order valence-electron chi connectivity index (χ2n) is 5.99. The van der Waals surface area contributed by atoms with Crippen LogP contribution in [0.4, 0.5) is 4.79 Å².